The molecular formula is C13H9N5O. The van der Waals surface area contributed by atoms with Gasteiger partial charge in [0.15, 0.2) is 12.0 Å². The van der Waals surface area contributed by atoms with Gasteiger partial charge in [-0.25, -0.2) is 15.0 Å². The van der Waals surface area contributed by atoms with Gasteiger partial charge in [0.2, 0.25) is 0 Å². The number of oxazole rings is 1. The van der Waals surface area contributed by atoms with Gasteiger partial charge in [-0.1, -0.05) is 0 Å². The molecule has 19 heavy (non-hydrogen) atoms. The largest absolute Gasteiger partial charge is 0.443 e. The summed E-state index contributed by atoms with van der Waals surface area (Å²) in [6, 6.07) is 9.28. The molecule has 0 N–H and O–H groups in total. The fourth-order valence-electron chi connectivity index (χ4n) is 1.78. The van der Waals surface area contributed by atoms with Crippen LogP contribution < -0.4 is 4.90 Å². The Morgan fingerprint density at radius 1 is 1.21 bits per heavy atom. The summed E-state index contributed by atoms with van der Waals surface area (Å²) in [5.74, 6) is 0.644. The quantitative estimate of drug-likeness (QED) is 0.695. The number of hydrogen-bond donors (Lipinski definition) is 0. The SMILES string of the molecule is CN(c1ccc2ncoc2c1)c1cc(C#N)ncn1. The normalized spacial score (nSPS) is 10.3. The second-order valence-corrected chi connectivity index (χ2v) is 3.94. The van der Waals surface area contributed by atoms with E-state index in [1.54, 1.807) is 6.07 Å². The molecule has 0 saturated carbocycles. The highest BCUT2D eigenvalue weighted by molar-refractivity contribution is 5.78. The van der Waals surface area contributed by atoms with Gasteiger partial charge >= 0.3 is 0 Å². The van der Waals surface area contributed by atoms with Gasteiger partial charge in [-0.05, 0) is 12.1 Å². The molecular weight excluding hydrogens is 242 g/mol. The van der Waals surface area contributed by atoms with Crippen molar-refractivity contribution >= 4 is 22.6 Å². The molecule has 0 bridgehead atoms. The van der Waals surface area contributed by atoms with Gasteiger partial charge in [-0.3, -0.25) is 0 Å². The van der Waals surface area contributed by atoms with Crippen LogP contribution in [0.1, 0.15) is 5.69 Å². The molecule has 0 fully saturated rings. The number of nitriles is 1. The standard InChI is InChI=1S/C13H9N5O/c1-18(13-4-9(6-14)15-7-16-13)10-2-3-11-12(5-10)19-8-17-11/h2-5,7-8H,1H3. The van der Waals surface area contributed by atoms with E-state index in [4.69, 9.17) is 9.68 Å². The molecule has 2 heterocycles. The lowest BCUT2D eigenvalue weighted by Crippen LogP contribution is -2.11. The van der Waals surface area contributed by atoms with Crippen LogP contribution >= 0.6 is 0 Å². The van der Waals surface area contributed by atoms with Crippen LogP contribution in [-0.2, 0) is 0 Å². The Balaban J connectivity index is 2.02. The molecule has 0 radical (unpaired) electrons. The van der Waals surface area contributed by atoms with Gasteiger partial charge < -0.3 is 9.32 Å². The molecule has 0 atom stereocenters. The smallest absolute Gasteiger partial charge is 0.181 e. The summed E-state index contributed by atoms with van der Waals surface area (Å²) in [7, 11) is 1.86. The summed E-state index contributed by atoms with van der Waals surface area (Å²) in [6.07, 6.45) is 2.78. The predicted octanol–water partition coefficient (Wildman–Crippen LogP) is 2.26. The number of anilines is 2. The lowest BCUT2D eigenvalue weighted by atomic mass is 10.2. The van der Waals surface area contributed by atoms with Gasteiger partial charge in [0.1, 0.15) is 29.4 Å². The zero-order valence-corrected chi connectivity index (χ0v) is 10.1. The van der Waals surface area contributed by atoms with Crippen molar-refractivity contribution in [1.82, 2.24) is 15.0 Å². The third-order valence-corrected chi connectivity index (χ3v) is 2.81. The molecule has 0 amide bonds. The highest BCUT2D eigenvalue weighted by Crippen LogP contribution is 2.25. The minimum atomic E-state index is 0.331. The van der Waals surface area contributed by atoms with Crippen LogP contribution in [0.4, 0.5) is 11.5 Å². The van der Waals surface area contributed by atoms with E-state index in [1.165, 1.54) is 12.7 Å². The molecule has 3 aromatic rings. The lowest BCUT2D eigenvalue weighted by molar-refractivity contribution is 0.602. The summed E-state index contributed by atoms with van der Waals surface area (Å²) in [5.41, 5.74) is 2.74. The Morgan fingerprint density at radius 2 is 2.11 bits per heavy atom. The number of aromatic nitrogens is 3. The van der Waals surface area contributed by atoms with Crippen LogP contribution in [0.2, 0.25) is 0 Å². The highest BCUT2D eigenvalue weighted by Gasteiger charge is 2.08. The summed E-state index contributed by atoms with van der Waals surface area (Å²) in [6.45, 7) is 0. The van der Waals surface area contributed by atoms with E-state index in [0.717, 1.165) is 11.2 Å². The molecule has 3 rings (SSSR count). The number of hydrogen-bond acceptors (Lipinski definition) is 6. The van der Waals surface area contributed by atoms with Gasteiger partial charge in [0.25, 0.3) is 0 Å². The van der Waals surface area contributed by atoms with E-state index in [1.807, 2.05) is 36.2 Å². The van der Waals surface area contributed by atoms with Crippen LogP contribution in [0.5, 0.6) is 0 Å². The Hall–Kier alpha value is -2.94. The molecule has 0 spiro atoms. The zero-order valence-electron chi connectivity index (χ0n) is 10.1. The molecule has 0 saturated heterocycles. The molecule has 6 heteroatoms. The van der Waals surface area contributed by atoms with E-state index in [2.05, 4.69) is 15.0 Å². The Kier molecular flexibility index (Phi) is 2.58. The maximum Gasteiger partial charge on any atom is 0.181 e. The van der Waals surface area contributed by atoms with E-state index >= 15 is 0 Å². The molecule has 92 valence electrons. The number of nitrogens with zero attached hydrogens (tertiary/aromatic N) is 5. The van der Waals surface area contributed by atoms with Crippen LogP contribution in [0.15, 0.2) is 41.4 Å². The molecule has 2 aromatic heterocycles. The van der Waals surface area contributed by atoms with Crippen molar-refractivity contribution in [2.75, 3.05) is 11.9 Å². The van der Waals surface area contributed by atoms with Crippen LogP contribution in [0.3, 0.4) is 0 Å². The predicted molar refractivity (Wildman–Crippen MR) is 68.8 cm³/mol. The molecule has 0 aliphatic rings. The first kappa shape index (κ1) is 11.2. The van der Waals surface area contributed by atoms with Crippen molar-refractivity contribution in [2.45, 2.75) is 0 Å². The maximum atomic E-state index is 8.85. The second-order valence-electron chi connectivity index (χ2n) is 3.94. The number of fused-ring (bicyclic) bond motifs is 1. The average molecular weight is 251 g/mol. The fourth-order valence-corrected chi connectivity index (χ4v) is 1.78. The summed E-state index contributed by atoms with van der Waals surface area (Å²) < 4.78 is 5.27. The maximum absolute atomic E-state index is 8.85. The van der Waals surface area contributed by atoms with Crippen molar-refractivity contribution in [2.24, 2.45) is 0 Å². The molecule has 0 aliphatic heterocycles. The average Bonchev–Trinajstić information content (AvgIpc) is 2.94. The summed E-state index contributed by atoms with van der Waals surface area (Å²) in [5, 5.41) is 8.85. The van der Waals surface area contributed by atoms with Crippen molar-refractivity contribution in [1.29, 1.82) is 5.26 Å². The number of rotatable bonds is 2. The number of benzene rings is 1. The van der Waals surface area contributed by atoms with E-state index in [0.29, 0.717) is 17.1 Å². The van der Waals surface area contributed by atoms with Crippen LogP contribution in [0, 0.1) is 11.3 Å². The van der Waals surface area contributed by atoms with Gasteiger partial charge in [-0.2, -0.15) is 5.26 Å². The first-order chi connectivity index (χ1) is 9.28. The Bertz CT molecular complexity index is 774. The molecule has 1 aromatic carbocycles. The van der Waals surface area contributed by atoms with E-state index < -0.39 is 0 Å². The van der Waals surface area contributed by atoms with Gasteiger partial charge in [0.05, 0.1) is 0 Å². The van der Waals surface area contributed by atoms with Crippen molar-refractivity contribution in [3.63, 3.8) is 0 Å². The molecule has 0 aliphatic carbocycles. The topological polar surface area (TPSA) is 78.8 Å². The minimum Gasteiger partial charge on any atom is -0.443 e. The third-order valence-electron chi connectivity index (χ3n) is 2.81. The first-order valence-electron chi connectivity index (χ1n) is 5.57. The minimum absolute atomic E-state index is 0.331. The van der Waals surface area contributed by atoms with E-state index in [-0.39, 0.29) is 0 Å². The van der Waals surface area contributed by atoms with Gasteiger partial charge in [0, 0.05) is 24.9 Å². The van der Waals surface area contributed by atoms with Gasteiger partial charge in [-0.15, -0.1) is 0 Å². The monoisotopic (exact) mass is 251 g/mol. The van der Waals surface area contributed by atoms with Crippen LogP contribution in [0.25, 0.3) is 11.1 Å². The summed E-state index contributed by atoms with van der Waals surface area (Å²) in [4.78, 5) is 13.9. The fraction of sp³-hybridized carbons (Fsp3) is 0.0769. The lowest BCUT2D eigenvalue weighted by Gasteiger charge is -2.17. The van der Waals surface area contributed by atoms with Crippen molar-refractivity contribution in [3.8, 4) is 6.07 Å². The Labute approximate surface area is 109 Å². The van der Waals surface area contributed by atoms with Crippen molar-refractivity contribution in [3.05, 3.63) is 42.7 Å². The third kappa shape index (κ3) is 1.98. The first-order valence-corrected chi connectivity index (χ1v) is 5.57. The Morgan fingerprint density at radius 3 is 2.95 bits per heavy atom. The van der Waals surface area contributed by atoms with Crippen molar-refractivity contribution < 1.29 is 4.42 Å². The highest BCUT2D eigenvalue weighted by atomic mass is 16.3. The zero-order chi connectivity index (χ0) is 13.2. The molecule has 6 nitrogen and oxygen atoms in total. The van der Waals surface area contributed by atoms with Crippen LogP contribution in [-0.4, -0.2) is 22.0 Å². The molecule has 0 unspecified atom stereocenters. The van der Waals surface area contributed by atoms with E-state index in [9.17, 15) is 0 Å². The summed E-state index contributed by atoms with van der Waals surface area (Å²) >= 11 is 0. The second kappa shape index (κ2) is 4.38.